The molecule has 3 heterocycles. The van der Waals surface area contributed by atoms with Crippen molar-refractivity contribution in [2.45, 2.75) is 36.8 Å². The van der Waals surface area contributed by atoms with Crippen molar-refractivity contribution in [3.63, 3.8) is 0 Å². The fraction of sp³-hybridized carbons (Fsp3) is 0.421. The Morgan fingerprint density at radius 1 is 1.29 bits per heavy atom. The molecule has 2 aromatic rings. The van der Waals surface area contributed by atoms with Crippen LogP contribution in [-0.4, -0.2) is 55.2 Å². The van der Waals surface area contributed by atoms with E-state index in [-0.39, 0.29) is 16.9 Å². The van der Waals surface area contributed by atoms with E-state index in [2.05, 4.69) is 14.9 Å². The van der Waals surface area contributed by atoms with Crippen LogP contribution in [0.1, 0.15) is 34.5 Å². The van der Waals surface area contributed by atoms with Crippen molar-refractivity contribution in [1.29, 1.82) is 0 Å². The molecule has 0 radical (unpaired) electrons. The molecule has 0 aliphatic carbocycles. The van der Waals surface area contributed by atoms with Gasteiger partial charge in [-0.1, -0.05) is 6.07 Å². The number of hydrogen-bond acceptors (Lipinski definition) is 6. The maximum absolute atomic E-state index is 12.6. The molecule has 4 rings (SSSR count). The third-order valence-electron chi connectivity index (χ3n) is 5.10. The summed E-state index contributed by atoms with van der Waals surface area (Å²) in [6.45, 7) is 1.92. The van der Waals surface area contributed by atoms with Gasteiger partial charge in [0.1, 0.15) is 0 Å². The molecule has 9 heteroatoms. The van der Waals surface area contributed by atoms with Gasteiger partial charge < -0.3 is 9.64 Å². The molecule has 1 aromatic heterocycles. The first-order valence-corrected chi connectivity index (χ1v) is 10.8. The Morgan fingerprint density at radius 2 is 2.18 bits per heavy atom. The second-order valence-electron chi connectivity index (χ2n) is 7.00. The number of carbonyl (C=O) groups excluding carboxylic acids is 1. The largest absolute Gasteiger partial charge is 0.377 e. The van der Waals surface area contributed by atoms with Crippen molar-refractivity contribution in [1.82, 2.24) is 19.8 Å². The Balaban J connectivity index is 1.45. The van der Waals surface area contributed by atoms with Gasteiger partial charge in [0.05, 0.1) is 11.0 Å². The average molecular weight is 402 g/mol. The fourth-order valence-electron chi connectivity index (χ4n) is 3.54. The summed E-state index contributed by atoms with van der Waals surface area (Å²) in [6.07, 6.45) is 3.92. The van der Waals surface area contributed by atoms with Gasteiger partial charge in [0, 0.05) is 32.4 Å². The topological polar surface area (TPSA) is 101 Å². The van der Waals surface area contributed by atoms with Crippen LogP contribution in [0.3, 0.4) is 0 Å². The molecule has 1 aromatic carbocycles. The van der Waals surface area contributed by atoms with Crippen LogP contribution in [0.25, 0.3) is 0 Å². The fourth-order valence-corrected chi connectivity index (χ4v) is 4.66. The Morgan fingerprint density at radius 3 is 2.93 bits per heavy atom. The highest BCUT2D eigenvalue weighted by atomic mass is 32.2. The molecule has 148 valence electrons. The van der Waals surface area contributed by atoms with Crippen molar-refractivity contribution in [3.8, 4) is 0 Å². The van der Waals surface area contributed by atoms with Crippen LogP contribution in [0.2, 0.25) is 0 Å². The molecular formula is C19H22N4O4S. The van der Waals surface area contributed by atoms with Gasteiger partial charge in [0.2, 0.25) is 10.0 Å². The number of rotatable bonds is 5. The SMILES string of the molecule is O=C(c1cccnn1)N1CCc2cc(S(=O)(=O)NC[C@H]3CCCO3)ccc2C1. The van der Waals surface area contributed by atoms with E-state index < -0.39 is 10.0 Å². The number of nitrogens with zero attached hydrogens (tertiary/aromatic N) is 3. The summed E-state index contributed by atoms with van der Waals surface area (Å²) in [4.78, 5) is 14.5. The molecule has 1 amide bonds. The first kappa shape index (κ1) is 19.0. The maximum atomic E-state index is 12.6. The summed E-state index contributed by atoms with van der Waals surface area (Å²) in [5.74, 6) is -0.173. The first-order chi connectivity index (χ1) is 13.5. The normalized spacial score (nSPS) is 19.4. The highest BCUT2D eigenvalue weighted by molar-refractivity contribution is 7.89. The summed E-state index contributed by atoms with van der Waals surface area (Å²) in [6, 6.07) is 8.40. The van der Waals surface area contributed by atoms with E-state index in [1.165, 1.54) is 6.20 Å². The monoisotopic (exact) mass is 402 g/mol. The molecule has 0 unspecified atom stereocenters. The summed E-state index contributed by atoms with van der Waals surface area (Å²) < 4.78 is 33.3. The lowest BCUT2D eigenvalue weighted by molar-refractivity contribution is 0.0727. The van der Waals surface area contributed by atoms with Crippen molar-refractivity contribution in [2.24, 2.45) is 0 Å². The van der Waals surface area contributed by atoms with E-state index in [1.807, 2.05) is 0 Å². The van der Waals surface area contributed by atoms with Gasteiger partial charge in [-0.3, -0.25) is 4.79 Å². The molecule has 28 heavy (non-hydrogen) atoms. The molecule has 0 spiro atoms. The summed E-state index contributed by atoms with van der Waals surface area (Å²) in [7, 11) is -3.58. The van der Waals surface area contributed by atoms with Crippen molar-refractivity contribution in [2.75, 3.05) is 19.7 Å². The first-order valence-electron chi connectivity index (χ1n) is 9.33. The minimum Gasteiger partial charge on any atom is -0.377 e. The lowest BCUT2D eigenvalue weighted by atomic mass is 9.99. The lowest BCUT2D eigenvalue weighted by Gasteiger charge is -2.28. The maximum Gasteiger partial charge on any atom is 0.274 e. The number of sulfonamides is 1. The van der Waals surface area contributed by atoms with Gasteiger partial charge in [0.25, 0.3) is 5.91 Å². The molecule has 8 nitrogen and oxygen atoms in total. The third-order valence-corrected chi connectivity index (χ3v) is 6.53. The molecule has 0 bridgehead atoms. The average Bonchev–Trinajstić information content (AvgIpc) is 3.25. The summed E-state index contributed by atoms with van der Waals surface area (Å²) in [5, 5.41) is 7.62. The second-order valence-corrected chi connectivity index (χ2v) is 8.77. The minimum absolute atomic E-state index is 0.0481. The third kappa shape index (κ3) is 4.06. The van der Waals surface area contributed by atoms with Crippen LogP contribution in [0, 0.1) is 0 Å². The second kappa shape index (κ2) is 7.94. The summed E-state index contributed by atoms with van der Waals surface area (Å²) >= 11 is 0. The predicted molar refractivity (Wildman–Crippen MR) is 101 cm³/mol. The molecule has 2 aliphatic rings. The molecule has 2 aliphatic heterocycles. The number of amides is 1. The van der Waals surface area contributed by atoms with Crippen molar-refractivity contribution < 1.29 is 17.9 Å². The lowest BCUT2D eigenvalue weighted by Crippen LogP contribution is -2.36. The Kier molecular flexibility index (Phi) is 5.38. The Labute approximate surface area is 164 Å². The van der Waals surface area contributed by atoms with Crippen LogP contribution < -0.4 is 4.72 Å². The van der Waals surface area contributed by atoms with E-state index in [0.29, 0.717) is 38.4 Å². The van der Waals surface area contributed by atoms with Gasteiger partial charge in [-0.05, 0) is 54.7 Å². The molecular weight excluding hydrogens is 380 g/mol. The smallest absolute Gasteiger partial charge is 0.274 e. The molecule has 1 atom stereocenters. The van der Waals surface area contributed by atoms with E-state index >= 15 is 0 Å². The van der Waals surface area contributed by atoms with Gasteiger partial charge in [-0.25, -0.2) is 13.1 Å². The number of aromatic nitrogens is 2. The zero-order valence-electron chi connectivity index (χ0n) is 15.4. The predicted octanol–water partition coefficient (Wildman–Crippen LogP) is 1.13. The van der Waals surface area contributed by atoms with Gasteiger partial charge >= 0.3 is 0 Å². The zero-order chi connectivity index (χ0) is 19.6. The van der Waals surface area contributed by atoms with Gasteiger partial charge in [-0.15, -0.1) is 5.10 Å². The number of carbonyl (C=O) groups is 1. The van der Waals surface area contributed by atoms with Gasteiger partial charge in [0.15, 0.2) is 5.69 Å². The quantitative estimate of drug-likeness (QED) is 0.805. The van der Waals surface area contributed by atoms with Crippen LogP contribution in [0.15, 0.2) is 41.4 Å². The molecule has 1 fully saturated rings. The number of hydrogen-bond donors (Lipinski definition) is 1. The molecule has 0 saturated carbocycles. The zero-order valence-corrected chi connectivity index (χ0v) is 16.2. The number of benzene rings is 1. The molecule has 1 N–H and O–H groups in total. The number of nitrogens with one attached hydrogen (secondary N) is 1. The van der Waals surface area contributed by atoms with Crippen LogP contribution in [0.4, 0.5) is 0 Å². The number of fused-ring (bicyclic) bond motifs is 1. The molecule has 1 saturated heterocycles. The van der Waals surface area contributed by atoms with Crippen molar-refractivity contribution >= 4 is 15.9 Å². The van der Waals surface area contributed by atoms with E-state index in [9.17, 15) is 13.2 Å². The summed E-state index contributed by atoms with van der Waals surface area (Å²) in [5.41, 5.74) is 2.20. The van der Waals surface area contributed by atoms with Crippen molar-refractivity contribution in [3.05, 3.63) is 53.3 Å². The van der Waals surface area contributed by atoms with Crippen LogP contribution >= 0.6 is 0 Å². The number of ether oxygens (including phenoxy) is 1. The standard InChI is InChI=1S/C19H22N4O4S/c24-19(18-4-1-8-20-22-18)23-9-7-14-11-17(6-5-15(14)13-23)28(25,26)21-12-16-3-2-10-27-16/h1,4-6,8,11,16,21H,2-3,7,9-10,12-13H2/t16-/m1/s1. The van der Waals surface area contributed by atoms with E-state index in [0.717, 1.165) is 24.0 Å². The van der Waals surface area contributed by atoms with E-state index in [1.54, 1.807) is 35.2 Å². The Bertz CT molecular complexity index is 959. The minimum atomic E-state index is -3.58. The highest BCUT2D eigenvalue weighted by Crippen LogP contribution is 2.23. The Hall–Kier alpha value is -2.36. The van der Waals surface area contributed by atoms with Gasteiger partial charge in [-0.2, -0.15) is 5.10 Å². The van der Waals surface area contributed by atoms with E-state index in [4.69, 9.17) is 4.74 Å². The van der Waals surface area contributed by atoms with Crippen LogP contribution in [-0.2, 0) is 27.7 Å². The van der Waals surface area contributed by atoms with Crippen LogP contribution in [0.5, 0.6) is 0 Å². The highest BCUT2D eigenvalue weighted by Gasteiger charge is 2.25.